The molecule has 1 aromatic carbocycles. The summed E-state index contributed by atoms with van der Waals surface area (Å²) in [6.45, 7) is 0.443. The monoisotopic (exact) mass is 320 g/mol. The molecule has 3 N–H and O–H groups in total. The second kappa shape index (κ2) is 5.98. The summed E-state index contributed by atoms with van der Waals surface area (Å²) in [5.74, 6) is 1.54. The second-order valence-electron chi connectivity index (χ2n) is 5.23. The van der Waals surface area contributed by atoms with E-state index in [1.807, 2.05) is 29.2 Å². The Morgan fingerprint density at radius 2 is 2.23 bits per heavy atom. The maximum atomic E-state index is 10.1. The van der Waals surface area contributed by atoms with E-state index >= 15 is 0 Å². The van der Waals surface area contributed by atoms with Crippen molar-refractivity contribution in [2.45, 2.75) is 18.6 Å². The Hall–Kier alpha value is -2.05. The average molecular weight is 321 g/mol. The molecule has 22 heavy (non-hydrogen) atoms. The first-order valence-electron chi connectivity index (χ1n) is 6.94. The summed E-state index contributed by atoms with van der Waals surface area (Å²) in [5.41, 5.74) is 6.79. The first kappa shape index (κ1) is 14.9. The fourth-order valence-corrected chi connectivity index (χ4v) is 2.99. The van der Waals surface area contributed by atoms with Crippen LogP contribution in [0.1, 0.15) is 18.0 Å². The molecule has 2 heterocycles. The number of ether oxygens (including phenoxy) is 1. The summed E-state index contributed by atoms with van der Waals surface area (Å²) >= 11 is 6.23. The van der Waals surface area contributed by atoms with Crippen LogP contribution in [0.2, 0.25) is 5.02 Å². The normalized spacial score (nSPS) is 21.1. The lowest BCUT2D eigenvalue weighted by Gasteiger charge is -2.26. The summed E-state index contributed by atoms with van der Waals surface area (Å²) in [5, 5.41) is 10.4. The molecule has 2 aromatic rings. The fraction of sp³-hybridized carbons (Fsp3) is 0.333. The van der Waals surface area contributed by atoms with Crippen molar-refractivity contribution in [1.29, 1.82) is 0 Å². The number of aromatic nitrogens is 2. The van der Waals surface area contributed by atoms with Gasteiger partial charge in [-0.3, -0.25) is 0 Å². The van der Waals surface area contributed by atoms with Gasteiger partial charge in [0, 0.05) is 6.54 Å². The highest BCUT2D eigenvalue weighted by molar-refractivity contribution is 6.35. The maximum absolute atomic E-state index is 10.1. The highest BCUT2D eigenvalue weighted by atomic mass is 35.5. The number of nitrogen functional groups attached to an aromatic ring is 1. The highest BCUT2D eigenvalue weighted by Gasteiger charge is 2.34. The van der Waals surface area contributed by atoms with Gasteiger partial charge in [0.05, 0.1) is 19.3 Å². The lowest BCUT2D eigenvalue weighted by atomic mass is 10.0. The topological polar surface area (TPSA) is 84.5 Å². The predicted octanol–water partition coefficient (Wildman–Crippen LogP) is 2.03. The van der Waals surface area contributed by atoms with Crippen LogP contribution >= 0.6 is 11.6 Å². The molecule has 3 rings (SSSR count). The van der Waals surface area contributed by atoms with E-state index in [4.69, 9.17) is 22.1 Å². The first-order chi connectivity index (χ1) is 10.6. The zero-order valence-electron chi connectivity index (χ0n) is 12.1. The first-order valence-corrected chi connectivity index (χ1v) is 7.32. The number of halogens is 1. The molecule has 1 aliphatic rings. The molecule has 6 nitrogen and oxygen atoms in total. The average Bonchev–Trinajstić information content (AvgIpc) is 2.92. The Morgan fingerprint density at radius 3 is 3.00 bits per heavy atom. The van der Waals surface area contributed by atoms with Crippen LogP contribution < -0.4 is 15.4 Å². The summed E-state index contributed by atoms with van der Waals surface area (Å²) in [7, 11) is 1.63. The molecular formula is C15H17ClN4O2. The molecule has 7 heteroatoms. The van der Waals surface area contributed by atoms with Crippen molar-refractivity contribution in [3.63, 3.8) is 0 Å². The van der Waals surface area contributed by atoms with Crippen molar-refractivity contribution in [1.82, 2.24) is 9.97 Å². The van der Waals surface area contributed by atoms with E-state index in [1.54, 1.807) is 7.11 Å². The molecule has 1 saturated heterocycles. The Morgan fingerprint density at radius 1 is 1.41 bits per heavy atom. The van der Waals surface area contributed by atoms with Gasteiger partial charge in [0.2, 0.25) is 0 Å². The number of aliphatic hydroxyl groups excluding tert-OH is 1. The third kappa shape index (κ3) is 2.67. The van der Waals surface area contributed by atoms with E-state index in [0.717, 1.165) is 11.3 Å². The van der Waals surface area contributed by atoms with Crippen molar-refractivity contribution in [3.8, 4) is 5.75 Å². The predicted molar refractivity (Wildman–Crippen MR) is 85.2 cm³/mol. The van der Waals surface area contributed by atoms with E-state index in [9.17, 15) is 5.11 Å². The zero-order valence-corrected chi connectivity index (χ0v) is 12.9. The Kier molecular flexibility index (Phi) is 4.04. The minimum Gasteiger partial charge on any atom is -0.497 e. The number of rotatable bonds is 3. The molecule has 0 spiro atoms. The molecule has 1 aliphatic heterocycles. The number of hydrogen-bond acceptors (Lipinski definition) is 6. The van der Waals surface area contributed by atoms with Crippen LogP contribution in [0.5, 0.6) is 5.75 Å². The van der Waals surface area contributed by atoms with Crippen LogP contribution in [0.4, 0.5) is 11.6 Å². The smallest absolute Gasteiger partial charge is 0.153 e. The zero-order chi connectivity index (χ0) is 15.7. The summed E-state index contributed by atoms with van der Waals surface area (Å²) in [6, 6.07) is 7.71. The maximum Gasteiger partial charge on any atom is 0.153 e. The van der Waals surface area contributed by atoms with Gasteiger partial charge >= 0.3 is 0 Å². The third-order valence-corrected chi connectivity index (χ3v) is 4.19. The van der Waals surface area contributed by atoms with Crippen LogP contribution in [0.3, 0.4) is 0 Å². The van der Waals surface area contributed by atoms with Crippen molar-refractivity contribution in [2.75, 3.05) is 24.3 Å². The number of benzene rings is 1. The van der Waals surface area contributed by atoms with Crippen LogP contribution in [-0.4, -0.2) is 34.8 Å². The third-order valence-electron chi connectivity index (χ3n) is 3.83. The molecule has 2 atom stereocenters. The number of methoxy groups -OCH3 is 1. The number of nitrogens with zero attached hydrogens (tertiary/aromatic N) is 3. The Labute approximate surface area is 133 Å². The minimum atomic E-state index is -0.455. The highest BCUT2D eigenvalue weighted by Crippen LogP contribution is 2.39. The van der Waals surface area contributed by atoms with Gasteiger partial charge in [-0.25, -0.2) is 9.97 Å². The molecule has 116 valence electrons. The summed E-state index contributed by atoms with van der Waals surface area (Å²) in [6.07, 6.45) is 1.51. The molecule has 0 saturated carbocycles. The van der Waals surface area contributed by atoms with Gasteiger partial charge in [-0.15, -0.1) is 0 Å². The standard InChI is InChI=1S/C15H17ClN4O2/c1-22-11-4-2-3-9(5-11)12-6-10(21)7-20(12)15-13(16)14(17)18-8-19-15/h2-5,8,10,12,21H,6-7H2,1H3,(H2,17,18,19)/t10-,12+/m0/s1. The second-order valence-corrected chi connectivity index (χ2v) is 5.61. The van der Waals surface area contributed by atoms with Gasteiger partial charge in [0.25, 0.3) is 0 Å². The van der Waals surface area contributed by atoms with Gasteiger partial charge < -0.3 is 20.5 Å². The molecule has 0 amide bonds. The lowest BCUT2D eigenvalue weighted by molar-refractivity contribution is 0.194. The van der Waals surface area contributed by atoms with E-state index in [1.165, 1.54) is 6.33 Å². The van der Waals surface area contributed by atoms with Crippen LogP contribution in [0, 0.1) is 0 Å². The van der Waals surface area contributed by atoms with Crippen LogP contribution in [0.15, 0.2) is 30.6 Å². The van der Waals surface area contributed by atoms with Crippen molar-refractivity contribution in [3.05, 3.63) is 41.2 Å². The van der Waals surface area contributed by atoms with Crippen LogP contribution in [0.25, 0.3) is 0 Å². The molecule has 0 bridgehead atoms. The van der Waals surface area contributed by atoms with Crippen molar-refractivity contribution < 1.29 is 9.84 Å². The lowest BCUT2D eigenvalue weighted by Crippen LogP contribution is -2.26. The molecule has 1 aromatic heterocycles. The van der Waals surface area contributed by atoms with E-state index in [2.05, 4.69) is 9.97 Å². The molecular weight excluding hydrogens is 304 g/mol. The van der Waals surface area contributed by atoms with Crippen LogP contribution in [-0.2, 0) is 0 Å². The summed E-state index contributed by atoms with van der Waals surface area (Å²) < 4.78 is 5.27. The van der Waals surface area contributed by atoms with E-state index in [0.29, 0.717) is 23.8 Å². The van der Waals surface area contributed by atoms with Gasteiger partial charge in [0.1, 0.15) is 22.9 Å². The SMILES string of the molecule is COc1cccc([C@H]2C[C@H](O)CN2c2ncnc(N)c2Cl)c1. The van der Waals surface area contributed by atoms with Crippen molar-refractivity contribution >= 4 is 23.2 Å². The largest absolute Gasteiger partial charge is 0.497 e. The molecule has 1 fully saturated rings. The van der Waals surface area contributed by atoms with E-state index < -0.39 is 6.10 Å². The van der Waals surface area contributed by atoms with Gasteiger partial charge in [-0.05, 0) is 24.1 Å². The molecule has 0 radical (unpaired) electrons. The van der Waals surface area contributed by atoms with Gasteiger partial charge in [0.15, 0.2) is 5.82 Å². The number of β-amino-alcohol motifs (C(OH)–C–C–N with tert-alkyl or cyclic N) is 1. The number of anilines is 2. The molecule has 0 unspecified atom stereocenters. The Bertz CT molecular complexity index is 682. The molecule has 0 aliphatic carbocycles. The minimum absolute atomic E-state index is 0.0445. The summed E-state index contributed by atoms with van der Waals surface area (Å²) in [4.78, 5) is 10.1. The van der Waals surface area contributed by atoms with Gasteiger partial charge in [-0.1, -0.05) is 23.7 Å². The fourth-order valence-electron chi connectivity index (χ4n) is 2.79. The number of aliphatic hydroxyl groups is 1. The number of nitrogens with two attached hydrogens (primary N) is 1. The van der Waals surface area contributed by atoms with Crippen molar-refractivity contribution in [2.24, 2.45) is 0 Å². The number of hydrogen-bond donors (Lipinski definition) is 2. The Balaban J connectivity index is 2.00. The van der Waals surface area contributed by atoms with Gasteiger partial charge in [-0.2, -0.15) is 0 Å². The quantitative estimate of drug-likeness (QED) is 0.900. The van der Waals surface area contributed by atoms with E-state index in [-0.39, 0.29) is 11.9 Å².